The first kappa shape index (κ1) is 15.5. The zero-order chi connectivity index (χ0) is 15.4. The highest BCUT2D eigenvalue weighted by molar-refractivity contribution is 6.32. The quantitative estimate of drug-likeness (QED) is 0.838. The van der Waals surface area contributed by atoms with E-state index < -0.39 is 6.61 Å². The van der Waals surface area contributed by atoms with Crippen molar-refractivity contribution in [1.82, 2.24) is 0 Å². The fraction of sp³-hybridized carbons (Fsp3) is 0.200. The Kier molecular flexibility index (Phi) is 4.96. The van der Waals surface area contributed by atoms with Gasteiger partial charge in [0.05, 0.1) is 5.02 Å². The monoisotopic (exact) mass is 315 g/mol. The fourth-order valence-corrected chi connectivity index (χ4v) is 2.05. The summed E-state index contributed by atoms with van der Waals surface area (Å²) in [6.45, 7) is -0.762. The molecule has 0 amide bonds. The largest absolute Gasteiger partial charge is 0.433 e. The summed E-state index contributed by atoms with van der Waals surface area (Å²) in [6, 6.07) is 9.25. The van der Waals surface area contributed by atoms with Crippen molar-refractivity contribution in [3.05, 3.63) is 58.4 Å². The summed E-state index contributed by atoms with van der Waals surface area (Å²) in [5.74, 6) is -0.329. The highest BCUT2D eigenvalue weighted by Gasteiger charge is 2.09. The number of aryl methyl sites for hydroxylation is 1. The predicted octanol–water partition coefficient (Wildman–Crippen LogP) is 5.00. The third-order valence-corrected chi connectivity index (χ3v) is 3.16. The van der Waals surface area contributed by atoms with E-state index in [4.69, 9.17) is 11.6 Å². The maximum absolute atomic E-state index is 13.2. The molecule has 0 unspecified atom stereocenters. The second kappa shape index (κ2) is 6.72. The van der Waals surface area contributed by atoms with E-state index in [1.807, 2.05) is 0 Å². The summed E-state index contributed by atoms with van der Waals surface area (Å²) in [6.07, 6.45) is 0. The van der Waals surface area contributed by atoms with Gasteiger partial charge in [0.1, 0.15) is 11.6 Å². The molecule has 0 spiro atoms. The SMILES string of the molecule is Cc1cc(CNc2ccc(OC(F)F)c(Cl)c2)ccc1F. The van der Waals surface area contributed by atoms with Crippen LogP contribution in [0.3, 0.4) is 0 Å². The second-order valence-electron chi connectivity index (χ2n) is 4.46. The molecule has 0 fully saturated rings. The molecule has 1 N–H and O–H groups in total. The van der Waals surface area contributed by atoms with Crippen molar-refractivity contribution in [3.63, 3.8) is 0 Å². The molecule has 0 aliphatic heterocycles. The summed E-state index contributed by atoms with van der Waals surface area (Å²) in [7, 11) is 0. The van der Waals surface area contributed by atoms with Gasteiger partial charge in [0, 0.05) is 12.2 Å². The van der Waals surface area contributed by atoms with E-state index in [1.165, 1.54) is 18.2 Å². The summed E-state index contributed by atoms with van der Waals surface area (Å²) >= 11 is 5.85. The molecular weight excluding hydrogens is 303 g/mol. The van der Waals surface area contributed by atoms with E-state index in [0.717, 1.165) is 5.56 Å². The Bertz CT molecular complexity index is 634. The van der Waals surface area contributed by atoms with Gasteiger partial charge in [0.2, 0.25) is 0 Å². The van der Waals surface area contributed by atoms with Gasteiger partial charge in [-0.05, 0) is 42.3 Å². The van der Waals surface area contributed by atoms with E-state index in [1.54, 1.807) is 25.1 Å². The smallest absolute Gasteiger partial charge is 0.387 e. The standard InChI is InChI=1S/C15H13ClF3NO/c1-9-6-10(2-4-13(9)17)8-20-11-3-5-14(12(16)7-11)21-15(18)19/h2-7,15,20H,8H2,1H3. The van der Waals surface area contributed by atoms with Crippen LogP contribution in [0.1, 0.15) is 11.1 Å². The lowest BCUT2D eigenvalue weighted by Crippen LogP contribution is -2.03. The Morgan fingerprint density at radius 3 is 2.57 bits per heavy atom. The van der Waals surface area contributed by atoms with Gasteiger partial charge >= 0.3 is 6.61 Å². The number of alkyl halides is 2. The van der Waals surface area contributed by atoms with Crippen LogP contribution in [-0.2, 0) is 6.54 Å². The van der Waals surface area contributed by atoms with Crippen LogP contribution in [0.15, 0.2) is 36.4 Å². The van der Waals surface area contributed by atoms with Crippen molar-refractivity contribution in [2.45, 2.75) is 20.1 Å². The maximum atomic E-state index is 13.2. The minimum absolute atomic E-state index is 0.0742. The Hall–Kier alpha value is -1.88. The molecule has 2 rings (SSSR count). The van der Waals surface area contributed by atoms with Crippen molar-refractivity contribution < 1.29 is 17.9 Å². The van der Waals surface area contributed by atoms with Gasteiger partial charge < -0.3 is 10.1 Å². The van der Waals surface area contributed by atoms with Gasteiger partial charge in [-0.25, -0.2) is 4.39 Å². The van der Waals surface area contributed by atoms with Crippen LogP contribution in [0.25, 0.3) is 0 Å². The molecule has 0 aliphatic rings. The third kappa shape index (κ3) is 4.29. The summed E-state index contributed by atoms with van der Waals surface area (Å²) < 4.78 is 41.6. The summed E-state index contributed by atoms with van der Waals surface area (Å²) in [5.41, 5.74) is 2.12. The first-order valence-electron chi connectivity index (χ1n) is 6.19. The minimum atomic E-state index is -2.91. The molecule has 2 aromatic carbocycles. The maximum Gasteiger partial charge on any atom is 0.387 e. The van der Waals surface area contributed by atoms with Gasteiger partial charge in [0.15, 0.2) is 0 Å². The molecule has 0 atom stereocenters. The number of ether oxygens (including phenoxy) is 1. The van der Waals surface area contributed by atoms with Crippen molar-refractivity contribution in [2.75, 3.05) is 5.32 Å². The van der Waals surface area contributed by atoms with Crippen LogP contribution in [0.5, 0.6) is 5.75 Å². The lowest BCUT2D eigenvalue weighted by Gasteiger charge is -2.11. The van der Waals surface area contributed by atoms with Crippen LogP contribution in [0, 0.1) is 12.7 Å². The Balaban J connectivity index is 2.03. The average Bonchev–Trinajstić information content (AvgIpc) is 2.42. The normalized spacial score (nSPS) is 10.8. The fourth-order valence-electron chi connectivity index (χ4n) is 1.82. The molecule has 0 bridgehead atoms. The number of hydrogen-bond donors (Lipinski definition) is 1. The molecule has 0 aromatic heterocycles. The highest BCUT2D eigenvalue weighted by Crippen LogP contribution is 2.29. The Labute approximate surface area is 125 Å². The molecule has 6 heteroatoms. The first-order chi connectivity index (χ1) is 9.95. The molecule has 2 nitrogen and oxygen atoms in total. The van der Waals surface area contributed by atoms with E-state index in [2.05, 4.69) is 10.1 Å². The van der Waals surface area contributed by atoms with Gasteiger partial charge in [-0.15, -0.1) is 0 Å². The molecule has 21 heavy (non-hydrogen) atoms. The summed E-state index contributed by atoms with van der Waals surface area (Å²) in [4.78, 5) is 0. The zero-order valence-corrected chi connectivity index (χ0v) is 11.9. The van der Waals surface area contributed by atoms with Crippen LogP contribution >= 0.6 is 11.6 Å². The van der Waals surface area contributed by atoms with Crippen molar-refractivity contribution in [1.29, 1.82) is 0 Å². The minimum Gasteiger partial charge on any atom is -0.433 e. The second-order valence-corrected chi connectivity index (χ2v) is 4.87. The molecular formula is C15H13ClF3NO. The van der Waals surface area contributed by atoms with Crippen LogP contribution in [-0.4, -0.2) is 6.61 Å². The van der Waals surface area contributed by atoms with E-state index >= 15 is 0 Å². The summed E-state index contributed by atoms with van der Waals surface area (Å²) in [5, 5.41) is 3.17. The first-order valence-corrected chi connectivity index (χ1v) is 6.57. The third-order valence-electron chi connectivity index (χ3n) is 2.87. The van der Waals surface area contributed by atoms with Crippen molar-refractivity contribution in [2.24, 2.45) is 0 Å². The molecule has 0 radical (unpaired) electrons. The average molecular weight is 316 g/mol. The van der Waals surface area contributed by atoms with Crippen LogP contribution in [0.4, 0.5) is 18.9 Å². The molecule has 2 aromatic rings. The number of benzene rings is 2. The van der Waals surface area contributed by atoms with Crippen molar-refractivity contribution >= 4 is 17.3 Å². The van der Waals surface area contributed by atoms with E-state index in [9.17, 15) is 13.2 Å². The Morgan fingerprint density at radius 1 is 1.19 bits per heavy atom. The van der Waals surface area contributed by atoms with Gasteiger partial charge in [-0.1, -0.05) is 23.7 Å². The van der Waals surface area contributed by atoms with Gasteiger partial charge in [0.25, 0.3) is 0 Å². The van der Waals surface area contributed by atoms with Crippen molar-refractivity contribution in [3.8, 4) is 5.75 Å². The number of rotatable bonds is 5. The highest BCUT2D eigenvalue weighted by atomic mass is 35.5. The van der Waals surface area contributed by atoms with E-state index in [0.29, 0.717) is 17.8 Å². The number of nitrogens with one attached hydrogen (secondary N) is 1. The Morgan fingerprint density at radius 2 is 1.95 bits per heavy atom. The lowest BCUT2D eigenvalue weighted by atomic mass is 10.1. The molecule has 0 saturated heterocycles. The number of halogens is 4. The number of anilines is 1. The van der Waals surface area contributed by atoms with Crippen LogP contribution in [0.2, 0.25) is 5.02 Å². The predicted molar refractivity (Wildman–Crippen MR) is 76.5 cm³/mol. The topological polar surface area (TPSA) is 21.3 Å². The molecule has 0 saturated carbocycles. The van der Waals surface area contributed by atoms with E-state index in [-0.39, 0.29) is 16.6 Å². The lowest BCUT2D eigenvalue weighted by molar-refractivity contribution is -0.0497. The molecule has 0 aliphatic carbocycles. The molecule has 112 valence electrons. The van der Waals surface area contributed by atoms with Gasteiger partial charge in [-0.2, -0.15) is 8.78 Å². The molecule has 0 heterocycles. The number of hydrogen-bond acceptors (Lipinski definition) is 2. The van der Waals surface area contributed by atoms with Crippen LogP contribution < -0.4 is 10.1 Å². The van der Waals surface area contributed by atoms with Gasteiger partial charge in [-0.3, -0.25) is 0 Å². The zero-order valence-electron chi connectivity index (χ0n) is 11.2.